The number of hydrogen-bond donors (Lipinski definition) is 1. The molecule has 0 spiro atoms. The minimum absolute atomic E-state index is 0.518. The number of anilines is 2. The van der Waals surface area contributed by atoms with E-state index in [9.17, 15) is 0 Å². The highest BCUT2D eigenvalue weighted by Crippen LogP contribution is 2.26. The summed E-state index contributed by atoms with van der Waals surface area (Å²) in [5, 5.41) is 3.27. The fourth-order valence-electron chi connectivity index (χ4n) is 1.87. The van der Waals surface area contributed by atoms with Crippen molar-refractivity contribution in [3.8, 4) is 5.88 Å². The molecule has 5 heteroatoms. The summed E-state index contributed by atoms with van der Waals surface area (Å²) in [4.78, 5) is 8.56. The van der Waals surface area contributed by atoms with Gasteiger partial charge in [-0.2, -0.15) is 4.98 Å². The maximum Gasteiger partial charge on any atom is 0.232 e. The monoisotopic (exact) mass is 321 g/mol. The first-order valence-corrected chi connectivity index (χ1v) is 6.87. The smallest absolute Gasteiger partial charge is 0.232 e. The molecule has 2 aromatic rings. The number of rotatable bonds is 4. The van der Waals surface area contributed by atoms with Crippen LogP contribution < -0.4 is 10.1 Å². The van der Waals surface area contributed by atoms with E-state index in [0.29, 0.717) is 11.8 Å². The summed E-state index contributed by atoms with van der Waals surface area (Å²) in [7, 11) is 1.59. The van der Waals surface area contributed by atoms with Gasteiger partial charge in [0.05, 0.1) is 17.8 Å². The summed E-state index contributed by atoms with van der Waals surface area (Å²) in [6, 6.07) is 6.23. The quantitative estimate of drug-likeness (QED) is 0.928. The molecule has 0 fully saturated rings. The molecule has 100 valence electrons. The summed E-state index contributed by atoms with van der Waals surface area (Å²) in [6.07, 6.45) is 2.63. The molecule has 1 heterocycles. The van der Waals surface area contributed by atoms with E-state index in [-0.39, 0.29) is 0 Å². The summed E-state index contributed by atoms with van der Waals surface area (Å²) < 4.78 is 5.91. The molecule has 0 saturated carbocycles. The Morgan fingerprint density at radius 2 is 2.16 bits per heavy atom. The molecule has 0 atom stereocenters. The number of halogens is 1. The number of benzene rings is 1. The lowest BCUT2D eigenvalue weighted by atomic mass is 10.1. The van der Waals surface area contributed by atoms with E-state index >= 15 is 0 Å². The second kappa shape index (κ2) is 6.02. The van der Waals surface area contributed by atoms with Crippen LogP contribution in [0.25, 0.3) is 0 Å². The molecule has 1 aromatic heterocycles. The van der Waals surface area contributed by atoms with Crippen LogP contribution in [0, 0.1) is 6.92 Å². The van der Waals surface area contributed by atoms with Crippen molar-refractivity contribution in [3.63, 3.8) is 0 Å². The number of para-hydroxylation sites is 1. The molecule has 0 amide bonds. The molecule has 1 N–H and O–H groups in total. The van der Waals surface area contributed by atoms with Crippen LogP contribution in [0.3, 0.4) is 0 Å². The van der Waals surface area contributed by atoms with Gasteiger partial charge in [0, 0.05) is 5.69 Å². The Balaban J connectivity index is 2.36. The highest BCUT2D eigenvalue weighted by Gasteiger charge is 2.09. The lowest BCUT2D eigenvalue weighted by Gasteiger charge is -2.13. The Morgan fingerprint density at radius 3 is 2.84 bits per heavy atom. The molecule has 19 heavy (non-hydrogen) atoms. The van der Waals surface area contributed by atoms with Crippen molar-refractivity contribution in [1.82, 2.24) is 9.97 Å². The lowest BCUT2D eigenvalue weighted by Crippen LogP contribution is -2.03. The maximum absolute atomic E-state index is 5.17. The minimum Gasteiger partial charge on any atom is -0.480 e. The molecule has 1 aromatic carbocycles. The lowest BCUT2D eigenvalue weighted by molar-refractivity contribution is 0.394. The highest BCUT2D eigenvalue weighted by molar-refractivity contribution is 9.10. The molecular weight excluding hydrogens is 306 g/mol. The average Bonchev–Trinajstić information content (AvgIpc) is 2.43. The van der Waals surface area contributed by atoms with Crippen LogP contribution in [0.2, 0.25) is 0 Å². The predicted octanol–water partition coefficient (Wildman–Crippen LogP) is 3.86. The maximum atomic E-state index is 5.17. The molecule has 0 unspecified atom stereocenters. The molecular formula is C14H16BrN3O. The third kappa shape index (κ3) is 3.04. The van der Waals surface area contributed by atoms with Gasteiger partial charge in [-0.05, 0) is 40.4 Å². The summed E-state index contributed by atoms with van der Waals surface area (Å²) in [5.41, 5.74) is 3.48. The Hall–Kier alpha value is -1.62. The van der Waals surface area contributed by atoms with Crippen LogP contribution >= 0.6 is 15.9 Å². The van der Waals surface area contributed by atoms with Crippen molar-refractivity contribution in [2.24, 2.45) is 0 Å². The van der Waals surface area contributed by atoms with Crippen LogP contribution in [0.4, 0.5) is 11.6 Å². The SMILES string of the molecule is CCc1cccc(C)c1Nc1ncc(Br)c(OC)n1. The zero-order chi connectivity index (χ0) is 13.8. The van der Waals surface area contributed by atoms with Gasteiger partial charge < -0.3 is 10.1 Å². The van der Waals surface area contributed by atoms with E-state index in [2.05, 4.69) is 63.3 Å². The van der Waals surface area contributed by atoms with Crippen molar-refractivity contribution >= 4 is 27.6 Å². The van der Waals surface area contributed by atoms with Gasteiger partial charge in [0.15, 0.2) is 0 Å². The minimum atomic E-state index is 0.518. The molecule has 0 aliphatic heterocycles. The van der Waals surface area contributed by atoms with Crippen molar-refractivity contribution < 1.29 is 4.74 Å². The van der Waals surface area contributed by atoms with Crippen LogP contribution in [0.5, 0.6) is 5.88 Å². The predicted molar refractivity (Wildman–Crippen MR) is 80.1 cm³/mol. The fraction of sp³-hybridized carbons (Fsp3) is 0.286. The van der Waals surface area contributed by atoms with Gasteiger partial charge >= 0.3 is 0 Å². The van der Waals surface area contributed by atoms with Gasteiger partial charge in [-0.1, -0.05) is 25.1 Å². The first kappa shape index (κ1) is 13.8. The number of aromatic nitrogens is 2. The van der Waals surface area contributed by atoms with E-state index in [1.54, 1.807) is 13.3 Å². The van der Waals surface area contributed by atoms with E-state index < -0.39 is 0 Å². The van der Waals surface area contributed by atoms with Gasteiger partial charge in [-0.25, -0.2) is 4.98 Å². The van der Waals surface area contributed by atoms with Crippen LogP contribution in [0.15, 0.2) is 28.9 Å². The fourth-order valence-corrected chi connectivity index (χ4v) is 2.22. The summed E-state index contributed by atoms with van der Waals surface area (Å²) in [6.45, 7) is 4.19. The summed E-state index contributed by atoms with van der Waals surface area (Å²) in [5.74, 6) is 1.05. The number of nitrogens with zero attached hydrogens (tertiary/aromatic N) is 2. The molecule has 0 saturated heterocycles. The Morgan fingerprint density at radius 1 is 1.37 bits per heavy atom. The van der Waals surface area contributed by atoms with E-state index in [4.69, 9.17) is 4.74 Å². The third-order valence-corrected chi connectivity index (χ3v) is 3.43. The normalized spacial score (nSPS) is 10.3. The van der Waals surface area contributed by atoms with Crippen LogP contribution in [-0.4, -0.2) is 17.1 Å². The molecule has 0 aliphatic carbocycles. The van der Waals surface area contributed by atoms with Crippen molar-refractivity contribution in [2.45, 2.75) is 20.3 Å². The highest BCUT2D eigenvalue weighted by atomic mass is 79.9. The zero-order valence-electron chi connectivity index (χ0n) is 11.2. The van der Waals surface area contributed by atoms with Gasteiger partial charge in [0.1, 0.15) is 0 Å². The van der Waals surface area contributed by atoms with E-state index in [1.165, 1.54) is 11.1 Å². The van der Waals surface area contributed by atoms with Gasteiger partial charge in [0.25, 0.3) is 0 Å². The molecule has 4 nitrogen and oxygen atoms in total. The molecule has 0 bridgehead atoms. The van der Waals surface area contributed by atoms with Crippen LogP contribution in [0.1, 0.15) is 18.1 Å². The van der Waals surface area contributed by atoms with E-state index in [1.807, 2.05) is 0 Å². The number of methoxy groups -OCH3 is 1. The molecule has 0 aliphatic rings. The number of nitrogens with one attached hydrogen (secondary N) is 1. The molecule has 2 rings (SSSR count). The summed E-state index contributed by atoms with van der Waals surface area (Å²) >= 11 is 3.34. The topological polar surface area (TPSA) is 47.0 Å². The second-order valence-electron chi connectivity index (χ2n) is 4.14. The average molecular weight is 322 g/mol. The standard InChI is InChI=1S/C14H16BrN3O/c1-4-10-7-5-6-9(2)12(10)17-14-16-8-11(15)13(18-14)19-3/h5-8H,4H2,1-3H3,(H,16,17,18). The number of ether oxygens (including phenoxy) is 1. The van der Waals surface area contributed by atoms with Gasteiger partial charge in [-0.15, -0.1) is 0 Å². The van der Waals surface area contributed by atoms with E-state index in [0.717, 1.165) is 16.6 Å². The van der Waals surface area contributed by atoms with Gasteiger partial charge in [-0.3, -0.25) is 0 Å². The molecule has 0 radical (unpaired) electrons. The first-order chi connectivity index (χ1) is 9.15. The first-order valence-electron chi connectivity index (χ1n) is 6.07. The third-order valence-electron chi connectivity index (χ3n) is 2.88. The zero-order valence-corrected chi connectivity index (χ0v) is 12.8. The second-order valence-corrected chi connectivity index (χ2v) is 4.99. The number of aryl methyl sites for hydroxylation is 2. The van der Waals surface area contributed by atoms with Crippen molar-refractivity contribution in [2.75, 3.05) is 12.4 Å². The van der Waals surface area contributed by atoms with Crippen molar-refractivity contribution in [3.05, 3.63) is 40.0 Å². The Bertz CT molecular complexity index is 587. The number of hydrogen-bond acceptors (Lipinski definition) is 4. The largest absolute Gasteiger partial charge is 0.480 e. The van der Waals surface area contributed by atoms with Crippen LogP contribution in [-0.2, 0) is 6.42 Å². The van der Waals surface area contributed by atoms with Gasteiger partial charge in [0.2, 0.25) is 11.8 Å². The Kier molecular flexibility index (Phi) is 4.37. The van der Waals surface area contributed by atoms with Crippen molar-refractivity contribution in [1.29, 1.82) is 0 Å². The Labute approximate surface area is 121 Å².